The number of hydrogen-bond acceptors (Lipinski definition) is 6. The van der Waals surface area contributed by atoms with Gasteiger partial charge in [-0.1, -0.05) is 35.2 Å². The molecule has 0 saturated carbocycles. The van der Waals surface area contributed by atoms with Crippen LogP contribution in [0.2, 0.25) is 0 Å². The summed E-state index contributed by atoms with van der Waals surface area (Å²) in [4.78, 5) is 57.1. The highest BCUT2D eigenvalue weighted by Crippen LogP contribution is 2.27. The van der Waals surface area contributed by atoms with Gasteiger partial charge in [-0.2, -0.15) is 18.3 Å². The Hall–Kier alpha value is -4.20. The van der Waals surface area contributed by atoms with Crippen LogP contribution in [0.25, 0.3) is 0 Å². The quantitative estimate of drug-likeness (QED) is 0.361. The lowest BCUT2D eigenvalue weighted by atomic mass is 10.0. The second kappa shape index (κ2) is 15.1. The van der Waals surface area contributed by atoms with E-state index in [-0.39, 0.29) is 49.8 Å². The predicted molar refractivity (Wildman–Crippen MR) is 163 cm³/mol. The highest BCUT2D eigenvalue weighted by atomic mass is 19.4. The number of ether oxygens (including phenoxy) is 1. The first-order valence-electron chi connectivity index (χ1n) is 16.0. The largest absolute Gasteiger partial charge is 0.457 e. The Morgan fingerprint density at radius 3 is 2.19 bits per heavy atom. The number of rotatable bonds is 6. The Balaban J connectivity index is 1.53. The molecule has 0 spiro atoms. The maximum atomic E-state index is 16.5. The topological polar surface area (TPSA) is 111 Å². The zero-order chi connectivity index (χ0) is 33.6. The number of nitrogens with zero attached hydrogens (tertiary/aromatic N) is 3. The first kappa shape index (κ1) is 34.1. The monoisotopic (exact) mass is 661 g/mol. The molecule has 2 N–H and O–H groups in total. The summed E-state index contributed by atoms with van der Waals surface area (Å²) >= 11 is 0. The van der Waals surface area contributed by atoms with E-state index in [0.29, 0.717) is 29.0 Å². The Morgan fingerprint density at radius 2 is 1.57 bits per heavy atom. The average Bonchev–Trinajstić information content (AvgIpc) is 3.47. The number of carbonyl (C=O) groups excluding carboxylic acids is 4. The summed E-state index contributed by atoms with van der Waals surface area (Å²) in [6, 6.07) is 8.81. The standard InChI is InChI=1S/C33H39F4N5O5/c34-33(35,36)21-38-30(44)26-19-22-7-4-9-24(17-22)47-25-10-5-8-23(18-25)20-28(41-15-6-11-29(41)43)32(46)42(37)27(31(45)39-26)12-16-40-13-2-1-3-14-40/h4-5,7-10,17-18,26-28H,1-3,6,11-16,19-21H2,(H,38,44)(H,39,45)/t26-,27-,28-/m0/s1. The van der Waals surface area contributed by atoms with Gasteiger partial charge in [0.05, 0.1) is 0 Å². The van der Waals surface area contributed by atoms with Crippen LogP contribution in [0.1, 0.15) is 49.7 Å². The minimum atomic E-state index is -4.71. The fraction of sp³-hybridized carbons (Fsp3) is 0.515. The molecule has 2 aromatic rings. The lowest BCUT2D eigenvalue weighted by Gasteiger charge is -2.33. The van der Waals surface area contributed by atoms with Crippen molar-refractivity contribution in [2.75, 3.05) is 32.7 Å². The van der Waals surface area contributed by atoms with Crippen LogP contribution in [0.4, 0.5) is 17.7 Å². The molecule has 10 nitrogen and oxygen atoms in total. The molecule has 0 unspecified atom stereocenters. The van der Waals surface area contributed by atoms with Gasteiger partial charge in [-0.15, -0.1) is 0 Å². The van der Waals surface area contributed by atoms with Crippen LogP contribution in [0.3, 0.4) is 0 Å². The van der Waals surface area contributed by atoms with Crippen molar-refractivity contribution in [1.29, 1.82) is 0 Å². The molecule has 3 heterocycles. The van der Waals surface area contributed by atoms with Crippen molar-refractivity contribution in [3.63, 3.8) is 0 Å². The number of piperidine rings is 1. The Bertz CT molecular complexity index is 1450. The van der Waals surface area contributed by atoms with E-state index in [4.69, 9.17) is 4.74 Å². The number of hydrogen-bond donors (Lipinski definition) is 2. The molecule has 2 saturated heterocycles. The Labute approximate surface area is 270 Å². The third-order valence-corrected chi connectivity index (χ3v) is 8.72. The Kier molecular flexibility index (Phi) is 11.0. The van der Waals surface area contributed by atoms with Crippen LogP contribution in [0.5, 0.6) is 11.5 Å². The lowest BCUT2D eigenvalue weighted by molar-refractivity contribution is -0.165. The van der Waals surface area contributed by atoms with E-state index in [1.165, 1.54) is 4.90 Å². The minimum absolute atomic E-state index is 0.0504. The van der Waals surface area contributed by atoms with Gasteiger partial charge in [-0.05, 0) is 74.2 Å². The smallest absolute Gasteiger partial charge is 0.405 e. The summed E-state index contributed by atoms with van der Waals surface area (Å²) in [6.45, 7) is 0.340. The van der Waals surface area contributed by atoms with E-state index in [1.54, 1.807) is 48.5 Å². The van der Waals surface area contributed by atoms with Crippen molar-refractivity contribution in [2.45, 2.75) is 75.7 Å². The van der Waals surface area contributed by atoms with Gasteiger partial charge in [0.1, 0.15) is 36.2 Å². The van der Waals surface area contributed by atoms with E-state index in [2.05, 4.69) is 10.2 Å². The van der Waals surface area contributed by atoms with Crippen LogP contribution < -0.4 is 15.4 Å². The third kappa shape index (κ3) is 9.21. The van der Waals surface area contributed by atoms with Crippen molar-refractivity contribution in [3.8, 4) is 11.5 Å². The molecule has 4 amide bonds. The van der Waals surface area contributed by atoms with Gasteiger partial charge >= 0.3 is 6.18 Å². The molecule has 2 fully saturated rings. The summed E-state index contributed by atoms with van der Waals surface area (Å²) in [6.07, 6.45) is -1.55. The molecular weight excluding hydrogens is 622 g/mol. The predicted octanol–water partition coefficient (Wildman–Crippen LogP) is 3.69. The van der Waals surface area contributed by atoms with Crippen LogP contribution in [-0.4, -0.2) is 95.6 Å². The fourth-order valence-corrected chi connectivity index (χ4v) is 6.32. The first-order chi connectivity index (χ1) is 22.5. The van der Waals surface area contributed by atoms with Crippen molar-refractivity contribution >= 4 is 23.6 Å². The number of halogens is 4. The molecule has 254 valence electrons. The molecule has 3 atom stereocenters. The van der Waals surface area contributed by atoms with Crippen molar-refractivity contribution in [2.24, 2.45) is 0 Å². The number of nitrogens with one attached hydrogen (secondary N) is 2. The van der Waals surface area contributed by atoms with Gasteiger partial charge in [0, 0.05) is 32.4 Å². The minimum Gasteiger partial charge on any atom is -0.457 e. The highest BCUT2D eigenvalue weighted by Gasteiger charge is 2.41. The van der Waals surface area contributed by atoms with Gasteiger partial charge < -0.3 is 25.2 Å². The number of benzene rings is 2. The van der Waals surface area contributed by atoms with Gasteiger partial charge in [0.2, 0.25) is 17.7 Å². The van der Waals surface area contributed by atoms with Crippen LogP contribution in [-0.2, 0) is 32.0 Å². The van der Waals surface area contributed by atoms with Gasteiger partial charge in [-0.25, -0.2) is 0 Å². The fourth-order valence-electron chi connectivity index (χ4n) is 6.32. The van der Waals surface area contributed by atoms with E-state index in [9.17, 15) is 32.3 Å². The summed E-state index contributed by atoms with van der Waals surface area (Å²) < 4.78 is 61.5. The van der Waals surface area contributed by atoms with Crippen LogP contribution in [0, 0.1) is 0 Å². The number of alkyl halides is 3. The van der Waals surface area contributed by atoms with Crippen molar-refractivity contribution < 1.29 is 41.6 Å². The van der Waals surface area contributed by atoms with E-state index in [1.807, 2.05) is 5.32 Å². The summed E-state index contributed by atoms with van der Waals surface area (Å²) in [5.41, 5.74) is 1.07. The number of likely N-dealkylation sites (tertiary alicyclic amines) is 2. The molecule has 0 aliphatic carbocycles. The molecule has 47 heavy (non-hydrogen) atoms. The summed E-state index contributed by atoms with van der Waals surface area (Å²) in [7, 11) is 0. The SMILES string of the molecule is O=C(NCC(F)(F)F)[C@@H]1Cc2cccc(c2)Oc2cccc(c2)C[C@H](N2CCCC2=O)C(=O)N(F)[C@@H](CCN2CCCCC2)C(=O)N1. The molecular formula is C33H39F4N5O5. The molecule has 3 aliphatic rings. The van der Waals surface area contributed by atoms with E-state index < -0.39 is 48.6 Å². The Morgan fingerprint density at radius 1 is 0.915 bits per heavy atom. The van der Waals surface area contributed by atoms with E-state index >= 15 is 4.48 Å². The zero-order valence-electron chi connectivity index (χ0n) is 25.9. The zero-order valence-corrected chi connectivity index (χ0v) is 25.9. The van der Waals surface area contributed by atoms with Crippen LogP contribution >= 0.6 is 0 Å². The maximum absolute atomic E-state index is 16.5. The number of fused-ring (bicyclic) bond motifs is 4. The lowest BCUT2D eigenvalue weighted by Crippen LogP contribution is -2.57. The molecule has 5 rings (SSSR count). The summed E-state index contributed by atoms with van der Waals surface area (Å²) in [5.74, 6) is -2.80. The maximum Gasteiger partial charge on any atom is 0.405 e. The number of carbonyl (C=O) groups is 4. The van der Waals surface area contributed by atoms with Crippen LogP contribution in [0.15, 0.2) is 48.5 Å². The highest BCUT2D eigenvalue weighted by molar-refractivity contribution is 5.94. The molecule has 14 heteroatoms. The van der Waals surface area contributed by atoms with Crippen molar-refractivity contribution in [1.82, 2.24) is 25.6 Å². The van der Waals surface area contributed by atoms with Crippen molar-refractivity contribution in [3.05, 3.63) is 59.7 Å². The average molecular weight is 662 g/mol. The molecule has 3 aliphatic heterocycles. The number of amides is 4. The molecule has 0 radical (unpaired) electrons. The summed E-state index contributed by atoms with van der Waals surface area (Å²) in [5, 5.41) is 4.09. The van der Waals surface area contributed by atoms with Gasteiger partial charge in [0.25, 0.3) is 5.91 Å². The second-order valence-electron chi connectivity index (χ2n) is 12.3. The first-order valence-corrected chi connectivity index (χ1v) is 16.0. The molecule has 2 aromatic carbocycles. The van der Waals surface area contributed by atoms with Gasteiger partial charge in [0.15, 0.2) is 0 Å². The van der Waals surface area contributed by atoms with Gasteiger partial charge in [-0.3, -0.25) is 19.2 Å². The second-order valence-corrected chi connectivity index (χ2v) is 12.3. The molecule has 0 aromatic heterocycles. The third-order valence-electron chi connectivity index (χ3n) is 8.72. The van der Waals surface area contributed by atoms with E-state index in [0.717, 1.165) is 32.4 Å². The normalized spacial score (nSPS) is 23.3. The molecule has 4 bridgehead atoms.